The molecule has 0 bridgehead atoms. The van der Waals surface area contributed by atoms with E-state index in [1.54, 1.807) is 0 Å². The topological polar surface area (TPSA) is 12.0 Å². The lowest BCUT2D eigenvalue weighted by Crippen LogP contribution is -2.37. The summed E-state index contributed by atoms with van der Waals surface area (Å²) in [7, 11) is 0. The van der Waals surface area contributed by atoms with E-state index in [9.17, 15) is 0 Å². The van der Waals surface area contributed by atoms with Gasteiger partial charge in [-0.05, 0) is 42.4 Å². The van der Waals surface area contributed by atoms with E-state index in [0.717, 1.165) is 6.04 Å². The SMILES string of the molecule is c1ccc([C@@H]2C[C@@H](NC3CC3)Cc3ccccc32)cc1. The molecule has 0 aromatic heterocycles. The maximum absolute atomic E-state index is 3.83. The van der Waals surface area contributed by atoms with Crippen molar-refractivity contribution in [2.45, 2.75) is 43.7 Å². The van der Waals surface area contributed by atoms with Crippen LogP contribution in [0.25, 0.3) is 0 Å². The minimum Gasteiger partial charge on any atom is -0.311 e. The second-order valence-electron chi connectivity index (χ2n) is 6.24. The summed E-state index contributed by atoms with van der Waals surface area (Å²) in [6, 6.07) is 21.4. The molecule has 0 spiro atoms. The minimum absolute atomic E-state index is 0.553. The molecule has 2 aliphatic rings. The minimum atomic E-state index is 0.553. The number of rotatable bonds is 3. The van der Waals surface area contributed by atoms with Gasteiger partial charge < -0.3 is 5.32 Å². The van der Waals surface area contributed by atoms with Crippen LogP contribution >= 0.6 is 0 Å². The highest BCUT2D eigenvalue weighted by molar-refractivity contribution is 5.41. The van der Waals surface area contributed by atoms with Gasteiger partial charge in [-0.25, -0.2) is 0 Å². The van der Waals surface area contributed by atoms with Gasteiger partial charge in [0.15, 0.2) is 0 Å². The molecule has 0 amide bonds. The molecule has 1 fully saturated rings. The molecule has 2 aromatic carbocycles. The summed E-state index contributed by atoms with van der Waals surface area (Å²) < 4.78 is 0. The highest BCUT2D eigenvalue weighted by Gasteiger charge is 2.31. The van der Waals surface area contributed by atoms with Gasteiger partial charge in [0, 0.05) is 18.0 Å². The lowest BCUT2D eigenvalue weighted by molar-refractivity contribution is 0.431. The van der Waals surface area contributed by atoms with Crippen molar-refractivity contribution in [3.63, 3.8) is 0 Å². The van der Waals surface area contributed by atoms with Crippen molar-refractivity contribution in [3.05, 3.63) is 71.3 Å². The number of benzene rings is 2. The second-order valence-corrected chi connectivity index (χ2v) is 6.24. The Morgan fingerprint density at radius 1 is 0.800 bits per heavy atom. The van der Waals surface area contributed by atoms with Crippen LogP contribution in [-0.2, 0) is 6.42 Å². The normalized spacial score (nSPS) is 25.2. The zero-order chi connectivity index (χ0) is 13.4. The predicted molar refractivity (Wildman–Crippen MR) is 83.0 cm³/mol. The first-order valence-corrected chi connectivity index (χ1v) is 7.79. The second kappa shape index (κ2) is 5.06. The first-order chi connectivity index (χ1) is 9.90. The Hall–Kier alpha value is -1.60. The molecule has 102 valence electrons. The molecule has 20 heavy (non-hydrogen) atoms. The Bertz CT molecular complexity index is 586. The predicted octanol–water partition coefficient (Wildman–Crippen LogP) is 3.89. The van der Waals surface area contributed by atoms with Crippen molar-refractivity contribution >= 4 is 0 Å². The summed E-state index contributed by atoms with van der Waals surface area (Å²) in [6.45, 7) is 0. The highest BCUT2D eigenvalue weighted by Crippen LogP contribution is 2.37. The van der Waals surface area contributed by atoms with Crippen molar-refractivity contribution in [1.82, 2.24) is 5.32 Å². The fourth-order valence-corrected chi connectivity index (χ4v) is 3.53. The van der Waals surface area contributed by atoms with Crippen LogP contribution in [0.4, 0.5) is 0 Å². The van der Waals surface area contributed by atoms with E-state index in [0.29, 0.717) is 12.0 Å². The van der Waals surface area contributed by atoms with Crippen LogP contribution in [0.1, 0.15) is 41.9 Å². The average Bonchev–Trinajstić information content (AvgIpc) is 3.31. The van der Waals surface area contributed by atoms with Gasteiger partial charge in [-0.1, -0.05) is 54.6 Å². The molecule has 0 radical (unpaired) electrons. The Kier molecular flexibility index (Phi) is 3.08. The van der Waals surface area contributed by atoms with Crippen molar-refractivity contribution < 1.29 is 0 Å². The standard InChI is InChI=1S/C19H21N/c1-2-6-14(7-3-1)19-13-17(20-16-10-11-16)12-15-8-4-5-9-18(15)19/h1-9,16-17,19-20H,10-13H2/t17-,19-/m0/s1. The van der Waals surface area contributed by atoms with Gasteiger partial charge in [-0.3, -0.25) is 0 Å². The Labute approximate surface area is 121 Å². The van der Waals surface area contributed by atoms with Gasteiger partial charge >= 0.3 is 0 Å². The number of hydrogen-bond acceptors (Lipinski definition) is 1. The molecule has 0 aliphatic heterocycles. The lowest BCUT2D eigenvalue weighted by Gasteiger charge is -2.32. The fourth-order valence-electron chi connectivity index (χ4n) is 3.53. The van der Waals surface area contributed by atoms with Gasteiger partial charge in [0.05, 0.1) is 0 Å². The van der Waals surface area contributed by atoms with Gasteiger partial charge in [0.2, 0.25) is 0 Å². The zero-order valence-electron chi connectivity index (χ0n) is 11.8. The van der Waals surface area contributed by atoms with Crippen LogP contribution < -0.4 is 5.32 Å². The summed E-state index contributed by atoms with van der Waals surface area (Å²) in [5.41, 5.74) is 4.53. The van der Waals surface area contributed by atoms with E-state index in [1.165, 1.54) is 42.4 Å². The van der Waals surface area contributed by atoms with Gasteiger partial charge in [0.25, 0.3) is 0 Å². The molecule has 0 unspecified atom stereocenters. The molecule has 1 saturated carbocycles. The molecule has 2 aliphatic carbocycles. The van der Waals surface area contributed by atoms with Crippen molar-refractivity contribution in [3.8, 4) is 0 Å². The summed E-state index contributed by atoms with van der Waals surface area (Å²) >= 11 is 0. The number of nitrogens with one attached hydrogen (secondary N) is 1. The fraction of sp³-hybridized carbons (Fsp3) is 0.368. The van der Waals surface area contributed by atoms with E-state index in [-0.39, 0.29) is 0 Å². The van der Waals surface area contributed by atoms with Crippen LogP contribution in [0, 0.1) is 0 Å². The van der Waals surface area contributed by atoms with Crippen LogP contribution in [0.15, 0.2) is 54.6 Å². The molecule has 1 heteroatoms. The number of fused-ring (bicyclic) bond motifs is 1. The molecule has 1 nitrogen and oxygen atoms in total. The molecule has 2 aromatic rings. The van der Waals surface area contributed by atoms with Gasteiger partial charge in [-0.2, -0.15) is 0 Å². The molecule has 0 heterocycles. The maximum atomic E-state index is 3.83. The van der Waals surface area contributed by atoms with Crippen molar-refractivity contribution in [1.29, 1.82) is 0 Å². The monoisotopic (exact) mass is 263 g/mol. The summed E-state index contributed by atoms with van der Waals surface area (Å²) in [5.74, 6) is 0.553. The van der Waals surface area contributed by atoms with Gasteiger partial charge in [-0.15, -0.1) is 0 Å². The maximum Gasteiger partial charge on any atom is 0.0119 e. The van der Waals surface area contributed by atoms with Crippen LogP contribution in [-0.4, -0.2) is 12.1 Å². The summed E-state index contributed by atoms with van der Waals surface area (Å²) in [6.07, 6.45) is 5.16. The molecule has 4 rings (SSSR count). The quantitative estimate of drug-likeness (QED) is 0.886. The summed E-state index contributed by atoms with van der Waals surface area (Å²) in [5, 5.41) is 3.83. The van der Waals surface area contributed by atoms with E-state index in [4.69, 9.17) is 0 Å². The third-order valence-corrected chi connectivity index (χ3v) is 4.67. The number of hydrogen-bond donors (Lipinski definition) is 1. The van der Waals surface area contributed by atoms with Gasteiger partial charge in [0.1, 0.15) is 0 Å². The first kappa shape index (κ1) is 12.2. The molecule has 2 atom stereocenters. The van der Waals surface area contributed by atoms with E-state index in [1.807, 2.05) is 0 Å². The van der Waals surface area contributed by atoms with Crippen LogP contribution in [0.3, 0.4) is 0 Å². The third-order valence-electron chi connectivity index (χ3n) is 4.67. The third kappa shape index (κ3) is 2.38. The largest absolute Gasteiger partial charge is 0.311 e. The summed E-state index contributed by atoms with van der Waals surface area (Å²) in [4.78, 5) is 0. The smallest absolute Gasteiger partial charge is 0.0119 e. The van der Waals surface area contributed by atoms with Crippen LogP contribution in [0.2, 0.25) is 0 Å². The molecule has 0 saturated heterocycles. The highest BCUT2D eigenvalue weighted by atomic mass is 15.0. The molecule has 1 N–H and O–H groups in total. The van der Waals surface area contributed by atoms with Crippen molar-refractivity contribution in [2.75, 3.05) is 0 Å². The zero-order valence-corrected chi connectivity index (χ0v) is 11.8. The molecular weight excluding hydrogens is 242 g/mol. The first-order valence-electron chi connectivity index (χ1n) is 7.79. The van der Waals surface area contributed by atoms with E-state index in [2.05, 4.69) is 59.9 Å². The van der Waals surface area contributed by atoms with Crippen LogP contribution in [0.5, 0.6) is 0 Å². The van der Waals surface area contributed by atoms with E-state index < -0.39 is 0 Å². The molecular formula is C19H21N. The Balaban J connectivity index is 1.68. The lowest BCUT2D eigenvalue weighted by atomic mass is 9.76. The Morgan fingerprint density at radius 2 is 1.55 bits per heavy atom. The van der Waals surface area contributed by atoms with E-state index >= 15 is 0 Å². The van der Waals surface area contributed by atoms with Crippen molar-refractivity contribution in [2.24, 2.45) is 0 Å². The Morgan fingerprint density at radius 3 is 2.35 bits per heavy atom. The average molecular weight is 263 g/mol.